The van der Waals surface area contributed by atoms with Crippen LogP contribution in [-0.2, 0) is 4.79 Å². The smallest absolute Gasteiger partial charge is 0.241 e. The lowest BCUT2D eigenvalue weighted by Gasteiger charge is -2.17. The van der Waals surface area contributed by atoms with Gasteiger partial charge in [-0.05, 0) is 37.3 Å². The molecule has 1 atom stereocenters. The van der Waals surface area contributed by atoms with E-state index in [0.717, 1.165) is 16.8 Å². The minimum atomic E-state index is -0.640. The third kappa shape index (κ3) is 4.12. The molecule has 1 aromatic heterocycles. The van der Waals surface area contributed by atoms with Gasteiger partial charge in [0.15, 0.2) is 5.82 Å². The molecule has 2 aromatic carbocycles. The van der Waals surface area contributed by atoms with Gasteiger partial charge < -0.3 is 20.5 Å². The van der Waals surface area contributed by atoms with Crippen molar-refractivity contribution in [1.82, 2.24) is 14.9 Å². The average molecular weight is 439 g/mol. The molecule has 0 unspecified atom stereocenters. The fourth-order valence-corrected chi connectivity index (χ4v) is 3.94. The number of methoxy groups -OCH3 is 2. The number of anilines is 1. The maximum atomic E-state index is 12.1. The molecule has 9 nitrogen and oxygen atoms in total. The summed E-state index contributed by atoms with van der Waals surface area (Å²) in [5, 5.41) is 16.9. The molecule has 3 N–H and O–H groups in total. The normalized spacial score (nSPS) is 13.7. The molecular formula is C21H22N6O3S. The largest absolute Gasteiger partial charge is 0.496 e. The van der Waals surface area contributed by atoms with Crippen LogP contribution in [0.25, 0.3) is 11.4 Å². The molecule has 1 aliphatic heterocycles. The first kappa shape index (κ1) is 20.9. The van der Waals surface area contributed by atoms with Crippen LogP contribution in [0.4, 0.5) is 5.69 Å². The Morgan fingerprint density at radius 1 is 1.16 bits per heavy atom. The number of hydrogen-bond donors (Lipinski definition) is 2. The van der Waals surface area contributed by atoms with Crippen molar-refractivity contribution in [3.05, 3.63) is 48.0 Å². The number of carbonyl (C=O) groups excluding carboxylic acids is 1. The van der Waals surface area contributed by atoms with Gasteiger partial charge >= 0.3 is 0 Å². The summed E-state index contributed by atoms with van der Waals surface area (Å²) in [6.07, 6.45) is 0. The number of carbonyl (C=O) groups is 1. The van der Waals surface area contributed by atoms with Gasteiger partial charge in [-0.25, -0.2) is 0 Å². The van der Waals surface area contributed by atoms with Crippen LogP contribution in [0.2, 0.25) is 0 Å². The lowest BCUT2D eigenvalue weighted by Crippen LogP contribution is -2.32. The van der Waals surface area contributed by atoms with Crippen molar-refractivity contribution in [2.75, 3.05) is 25.3 Å². The fourth-order valence-electron chi connectivity index (χ4n) is 3.10. The maximum absolute atomic E-state index is 12.1. The minimum Gasteiger partial charge on any atom is -0.496 e. The first-order valence-corrected chi connectivity index (χ1v) is 10.5. The third-order valence-electron chi connectivity index (χ3n) is 4.72. The van der Waals surface area contributed by atoms with E-state index in [1.807, 2.05) is 36.4 Å². The Kier molecular flexibility index (Phi) is 5.92. The molecule has 0 radical (unpaired) electrons. The highest BCUT2D eigenvalue weighted by atomic mass is 32.2. The van der Waals surface area contributed by atoms with Gasteiger partial charge in [0.25, 0.3) is 0 Å². The SMILES string of the molecule is COc1ccc(C2=Nn3c(nnc3-c3ccccc3OC)SC2)cc1NC(=O)[C@H](C)N. The molecule has 0 saturated heterocycles. The van der Waals surface area contributed by atoms with Gasteiger partial charge in [0.2, 0.25) is 11.1 Å². The van der Waals surface area contributed by atoms with E-state index in [2.05, 4.69) is 15.5 Å². The molecule has 0 fully saturated rings. The van der Waals surface area contributed by atoms with Crippen LogP contribution >= 0.6 is 11.8 Å². The Morgan fingerprint density at radius 3 is 2.68 bits per heavy atom. The van der Waals surface area contributed by atoms with E-state index in [1.165, 1.54) is 11.8 Å². The van der Waals surface area contributed by atoms with Gasteiger partial charge in [-0.15, -0.1) is 10.2 Å². The highest BCUT2D eigenvalue weighted by molar-refractivity contribution is 7.99. The summed E-state index contributed by atoms with van der Waals surface area (Å²) in [6, 6.07) is 12.5. The molecule has 0 aliphatic carbocycles. The zero-order valence-electron chi connectivity index (χ0n) is 17.3. The number of thioether (sulfide) groups is 1. The summed E-state index contributed by atoms with van der Waals surface area (Å²) in [5.41, 5.74) is 8.68. The maximum Gasteiger partial charge on any atom is 0.241 e. The van der Waals surface area contributed by atoms with E-state index >= 15 is 0 Å². The summed E-state index contributed by atoms with van der Waals surface area (Å²) < 4.78 is 12.6. The van der Waals surface area contributed by atoms with Gasteiger partial charge in [-0.1, -0.05) is 23.9 Å². The van der Waals surface area contributed by atoms with E-state index in [1.54, 1.807) is 31.9 Å². The first-order valence-electron chi connectivity index (χ1n) is 9.56. The van der Waals surface area contributed by atoms with Gasteiger partial charge in [0.1, 0.15) is 11.5 Å². The number of nitrogens with one attached hydrogen (secondary N) is 1. The highest BCUT2D eigenvalue weighted by Gasteiger charge is 2.23. The van der Waals surface area contributed by atoms with Crippen LogP contribution in [0.3, 0.4) is 0 Å². The summed E-state index contributed by atoms with van der Waals surface area (Å²) in [5.74, 6) is 2.14. The van der Waals surface area contributed by atoms with Crippen molar-refractivity contribution in [3.8, 4) is 22.9 Å². The predicted octanol–water partition coefficient (Wildman–Crippen LogP) is 2.61. The van der Waals surface area contributed by atoms with E-state index < -0.39 is 6.04 Å². The second kappa shape index (κ2) is 8.78. The summed E-state index contributed by atoms with van der Waals surface area (Å²) in [7, 11) is 3.17. The highest BCUT2D eigenvalue weighted by Crippen LogP contribution is 2.34. The van der Waals surface area contributed by atoms with E-state index in [0.29, 0.717) is 33.9 Å². The molecule has 1 aliphatic rings. The zero-order chi connectivity index (χ0) is 22.0. The van der Waals surface area contributed by atoms with E-state index in [9.17, 15) is 4.79 Å². The van der Waals surface area contributed by atoms with Gasteiger partial charge in [0, 0.05) is 11.3 Å². The zero-order valence-corrected chi connectivity index (χ0v) is 18.1. The quantitative estimate of drug-likeness (QED) is 0.607. The van der Waals surface area contributed by atoms with Crippen molar-refractivity contribution < 1.29 is 14.3 Å². The van der Waals surface area contributed by atoms with E-state index in [-0.39, 0.29) is 5.91 Å². The monoisotopic (exact) mass is 438 g/mol. The Hall–Kier alpha value is -3.37. The van der Waals surface area contributed by atoms with Crippen LogP contribution in [-0.4, -0.2) is 52.5 Å². The topological polar surface area (TPSA) is 117 Å². The number of ether oxygens (including phenoxy) is 2. The molecule has 0 spiro atoms. The van der Waals surface area contributed by atoms with Crippen LogP contribution in [0.5, 0.6) is 11.5 Å². The van der Waals surface area contributed by atoms with Gasteiger partial charge in [-0.3, -0.25) is 4.79 Å². The lowest BCUT2D eigenvalue weighted by atomic mass is 10.1. The van der Waals surface area contributed by atoms with Gasteiger partial charge in [0.05, 0.1) is 37.2 Å². The lowest BCUT2D eigenvalue weighted by molar-refractivity contribution is -0.117. The molecule has 10 heteroatoms. The van der Waals surface area contributed by atoms with Crippen molar-refractivity contribution >= 4 is 29.1 Å². The molecule has 160 valence electrons. The standard InChI is InChI=1S/C21H22N6O3S/c1-12(22)20(28)23-15-10-13(8-9-18(15)30-3)16-11-31-21-25-24-19(27(21)26-16)14-6-4-5-7-17(14)29-2/h4-10,12H,11,22H2,1-3H3,(H,23,28)/t12-/m0/s1. The molecule has 31 heavy (non-hydrogen) atoms. The molecule has 0 bridgehead atoms. The number of nitrogens with two attached hydrogens (primary N) is 1. The van der Waals surface area contributed by atoms with Crippen molar-refractivity contribution in [2.45, 2.75) is 18.1 Å². The number of para-hydroxylation sites is 1. The fraction of sp³-hybridized carbons (Fsp3) is 0.238. The Bertz CT molecular complexity index is 1160. The number of hydrogen-bond acceptors (Lipinski definition) is 8. The molecule has 4 rings (SSSR count). The molecular weight excluding hydrogens is 416 g/mol. The number of aromatic nitrogens is 3. The van der Waals surface area contributed by atoms with Crippen LogP contribution in [0.15, 0.2) is 52.7 Å². The summed E-state index contributed by atoms with van der Waals surface area (Å²) in [6.45, 7) is 1.63. The first-order chi connectivity index (χ1) is 15.0. The Morgan fingerprint density at radius 2 is 1.94 bits per heavy atom. The van der Waals surface area contributed by atoms with Gasteiger partial charge in [-0.2, -0.15) is 9.78 Å². The average Bonchev–Trinajstić information content (AvgIpc) is 3.22. The number of nitrogens with zero attached hydrogens (tertiary/aromatic N) is 4. The number of rotatable bonds is 6. The molecule has 2 heterocycles. The number of benzene rings is 2. The minimum absolute atomic E-state index is 0.296. The molecule has 1 amide bonds. The predicted molar refractivity (Wildman–Crippen MR) is 120 cm³/mol. The molecule has 3 aromatic rings. The van der Waals surface area contributed by atoms with Crippen molar-refractivity contribution in [3.63, 3.8) is 0 Å². The van der Waals surface area contributed by atoms with E-state index in [4.69, 9.17) is 20.3 Å². The Labute approximate surface area is 183 Å². The number of fused-ring (bicyclic) bond motifs is 1. The van der Waals surface area contributed by atoms with Crippen LogP contribution < -0.4 is 20.5 Å². The summed E-state index contributed by atoms with van der Waals surface area (Å²) in [4.78, 5) is 12.1. The second-order valence-corrected chi connectivity index (χ2v) is 7.79. The number of amides is 1. The van der Waals surface area contributed by atoms with Crippen molar-refractivity contribution in [2.24, 2.45) is 10.8 Å². The molecule has 0 saturated carbocycles. The Balaban J connectivity index is 1.74. The van der Waals surface area contributed by atoms with Crippen LogP contribution in [0, 0.1) is 0 Å². The third-order valence-corrected chi connectivity index (χ3v) is 5.65. The second-order valence-electron chi connectivity index (χ2n) is 6.85. The summed E-state index contributed by atoms with van der Waals surface area (Å²) >= 11 is 1.53. The van der Waals surface area contributed by atoms with Crippen LogP contribution in [0.1, 0.15) is 12.5 Å². The van der Waals surface area contributed by atoms with Crippen molar-refractivity contribution in [1.29, 1.82) is 0 Å².